The van der Waals surface area contributed by atoms with Crippen LogP contribution >= 0.6 is 0 Å². The summed E-state index contributed by atoms with van der Waals surface area (Å²) in [4.78, 5) is 14.4. The van der Waals surface area contributed by atoms with Crippen molar-refractivity contribution < 1.29 is 4.79 Å². The molecule has 1 aliphatic heterocycles. The molecule has 6 nitrogen and oxygen atoms in total. The summed E-state index contributed by atoms with van der Waals surface area (Å²) in [5, 5.41) is 11.5. The Morgan fingerprint density at radius 3 is 2.95 bits per heavy atom. The van der Waals surface area contributed by atoms with E-state index in [1.54, 1.807) is 0 Å². The number of aromatic nitrogens is 4. The first-order valence-corrected chi connectivity index (χ1v) is 7.56. The molecule has 0 aromatic carbocycles. The highest BCUT2D eigenvalue weighted by atomic mass is 16.2. The second-order valence-corrected chi connectivity index (χ2v) is 6.17. The Labute approximate surface area is 123 Å². The molecular formula is C15H19N5O. The number of hydrogen-bond acceptors (Lipinski definition) is 3. The number of carbonyl (C=O) groups is 1. The van der Waals surface area contributed by atoms with Gasteiger partial charge in [-0.25, -0.2) is 0 Å². The van der Waals surface area contributed by atoms with E-state index in [4.69, 9.17) is 0 Å². The predicted molar refractivity (Wildman–Crippen MR) is 77.1 cm³/mol. The Balaban J connectivity index is 1.45. The van der Waals surface area contributed by atoms with Crippen LogP contribution in [0.5, 0.6) is 0 Å². The number of amides is 1. The van der Waals surface area contributed by atoms with E-state index in [1.165, 1.54) is 12.8 Å². The normalized spacial score (nSPS) is 22.0. The van der Waals surface area contributed by atoms with Gasteiger partial charge in [0.1, 0.15) is 5.69 Å². The van der Waals surface area contributed by atoms with Crippen molar-refractivity contribution in [2.45, 2.75) is 38.1 Å². The van der Waals surface area contributed by atoms with Crippen molar-refractivity contribution in [2.24, 2.45) is 0 Å². The van der Waals surface area contributed by atoms with Crippen LogP contribution in [0.25, 0.3) is 0 Å². The zero-order valence-corrected chi connectivity index (χ0v) is 12.1. The molecule has 21 heavy (non-hydrogen) atoms. The van der Waals surface area contributed by atoms with E-state index < -0.39 is 0 Å². The van der Waals surface area contributed by atoms with Gasteiger partial charge in [-0.1, -0.05) is 0 Å². The third-order valence-electron chi connectivity index (χ3n) is 4.39. The van der Waals surface area contributed by atoms with Crippen molar-refractivity contribution in [3.8, 4) is 0 Å². The fourth-order valence-electron chi connectivity index (χ4n) is 2.99. The third kappa shape index (κ3) is 2.34. The smallest absolute Gasteiger partial charge is 0.274 e. The Kier molecular flexibility index (Phi) is 2.83. The van der Waals surface area contributed by atoms with E-state index in [9.17, 15) is 4.79 Å². The number of aromatic amines is 1. The summed E-state index contributed by atoms with van der Waals surface area (Å²) in [7, 11) is 0. The van der Waals surface area contributed by atoms with Gasteiger partial charge in [0.2, 0.25) is 0 Å². The molecule has 0 bridgehead atoms. The first-order chi connectivity index (χ1) is 10.2. The summed E-state index contributed by atoms with van der Waals surface area (Å²) in [6.45, 7) is 3.52. The maximum absolute atomic E-state index is 12.5. The number of carbonyl (C=O) groups excluding carboxylic acids is 1. The van der Waals surface area contributed by atoms with Gasteiger partial charge in [0.25, 0.3) is 5.91 Å². The third-order valence-corrected chi connectivity index (χ3v) is 4.39. The average Bonchev–Trinajstić information content (AvgIpc) is 2.94. The van der Waals surface area contributed by atoms with E-state index in [1.807, 2.05) is 35.0 Å². The fourth-order valence-corrected chi connectivity index (χ4v) is 2.99. The average molecular weight is 285 g/mol. The molecule has 0 radical (unpaired) electrons. The summed E-state index contributed by atoms with van der Waals surface area (Å²) in [5.74, 6) is 0.627. The number of likely N-dealkylation sites (tertiary alicyclic amines) is 1. The van der Waals surface area contributed by atoms with Gasteiger partial charge in [0.15, 0.2) is 0 Å². The molecule has 4 rings (SSSR count). The maximum Gasteiger partial charge on any atom is 0.274 e. The molecule has 1 N–H and O–H groups in total. The van der Waals surface area contributed by atoms with Crippen LogP contribution in [0.3, 0.4) is 0 Å². The molecule has 1 atom stereocenters. The number of H-pyrrole nitrogens is 1. The SMILES string of the molecule is Cc1cnn(C2CCN(C(=O)c3cc(C4CC4)[nH]n3)C2)c1. The first kappa shape index (κ1) is 12.6. The monoisotopic (exact) mass is 285 g/mol. The lowest BCUT2D eigenvalue weighted by atomic mass is 10.2. The Hall–Kier alpha value is -2.11. The molecule has 0 spiro atoms. The molecule has 3 heterocycles. The summed E-state index contributed by atoms with van der Waals surface area (Å²) in [5.41, 5.74) is 2.81. The van der Waals surface area contributed by atoms with Crippen molar-refractivity contribution >= 4 is 5.91 Å². The molecule has 2 fully saturated rings. The van der Waals surface area contributed by atoms with Crippen molar-refractivity contribution in [3.05, 3.63) is 35.4 Å². The van der Waals surface area contributed by atoms with Crippen LogP contribution in [0.1, 0.15) is 53.0 Å². The topological polar surface area (TPSA) is 66.8 Å². The van der Waals surface area contributed by atoms with Gasteiger partial charge in [-0.3, -0.25) is 14.6 Å². The van der Waals surface area contributed by atoms with E-state index in [0.717, 1.165) is 24.2 Å². The van der Waals surface area contributed by atoms with Gasteiger partial charge >= 0.3 is 0 Å². The Morgan fingerprint density at radius 2 is 2.24 bits per heavy atom. The lowest BCUT2D eigenvalue weighted by Crippen LogP contribution is -2.29. The van der Waals surface area contributed by atoms with E-state index in [0.29, 0.717) is 18.2 Å². The van der Waals surface area contributed by atoms with Crippen LogP contribution in [0.4, 0.5) is 0 Å². The molecule has 1 amide bonds. The molecular weight excluding hydrogens is 266 g/mol. The number of aryl methyl sites for hydroxylation is 1. The van der Waals surface area contributed by atoms with Crippen LogP contribution in [0, 0.1) is 6.92 Å². The van der Waals surface area contributed by atoms with Crippen LogP contribution in [0.15, 0.2) is 18.5 Å². The highest BCUT2D eigenvalue weighted by Crippen LogP contribution is 2.39. The van der Waals surface area contributed by atoms with Crippen molar-refractivity contribution in [2.75, 3.05) is 13.1 Å². The molecule has 6 heteroatoms. The van der Waals surface area contributed by atoms with Gasteiger partial charge in [-0.2, -0.15) is 10.2 Å². The predicted octanol–water partition coefficient (Wildman–Crippen LogP) is 1.88. The van der Waals surface area contributed by atoms with Crippen LogP contribution < -0.4 is 0 Å². The molecule has 1 aliphatic carbocycles. The van der Waals surface area contributed by atoms with Crippen molar-refractivity contribution in [1.29, 1.82) is 0 Å². The fraction of sp³-hybridized carbons (Fsp3) is 0.533. The summed E-state index contributed by atoms with van der Waals surface area (Å²) in [6.07, 6.45) is 7.27. The maximum atomic E-state index is 12.5. The zero-order valence-electron chi connectivity index (χ0n) is 12.1. The van der Waals surface area contributed by atoms with Crippen molar-refractivity contribution in [3.63, 3.8) is 0 Å². The quantitative estimate of drug-likeness (QED) is 0.936. The van der Waals surface area contributed by atoms with Crippen LogP contribution in [-0.2, 0) is 0 Å². The number of nitrogens with one attached hydrogen (secondary N) is 1. The first-order valence-electron chi connectivity index (χ1n) is 7.56. The highest BCUT2D eigenvalue weighted by molar-refractivity contribution is 5.92. The number of hydrogen-bond donors (Lipinski definition) is 1. The molecule has 2 aromatic rings. The summed E-state index contributed by atoms with van der Waals surface area (Å²) < 4.78 is 1.97. The lowest BCUT2D eigenvalue weighted by Gasteiger charge is -2.15. The minimum atomic E-state index is 0.0320. The second-order valence-electron chi connectivity index (χ2n) is 6.17. The Bertz CT molecular complexity index is 669. The molecule has 2 aromatic heterocycles. The molecule has 1 unspecified atom stereocenters. The molecule has 110 valence electrons. The van der Waals surface area contributed by atoms with Gasteiger partial charge in [-0.15, -0.1) is 0 Å². The van der Waals surface area contributed by atoms with Gasteiger partial charge in [-0.05, 0) is 37.8 Å². The van der Waals surface area contributed by atoms with E-state index >= 15 is 0 Å². The Morgan fingerprint density at radius 1 is 1.38 bits per heavy atom. The van der Waals surface area contributed by atoms with Crippen molar-refractivity contribution in [1.82, 2.24) is 24.9 Å². The zero-order chi connectivity index (χ0) is 14.4. The lowest BCUT2D eigenvalue weighted by molar-refractivity contribution is 0.0781. The number of nitrogens with zero attached hydrogens (tertiary/aromatic N) is 4. The summed E-state index contributed by atoms with van der Waals surface area (Å²) in [6, 6.07) is 2.20. The minimum absolute atomic E-state index is 0.0320. The molecule has 1 saturated heterocycles. The second kappa shape index (κ2) is 4.72. The van der Waals surface area contributed by atoms with Gasteiger partial charge < -0.3 is 4.90 Å². The highest BCUT2D eigenvalue weighted by Gasteiger charge is 2.31. The van der Waals surface area contributed by atoms with Gasteiger partial charge in [0, 0.05) is 30.9 Å². The number of rotatable bonds is 3. The molecule has 1 saturated carbocycles. The summed E-state index contributed by atoms with van der Waals surface area (Å²) >= 11 is 0. The molecule has 2 aliphatic rings. The standard InChI is InChI=1S/C15H19N5O/c1-10-7-16-20(8-10)12-4-5-19(9-12)15(21)14-6-13(17-18-14)11-2-3-11/h6-8,11-12H,2-5,9H2,1H3,(H,17,18). The van der Waals surface area contributed by atoms with Crippen LogP contribution in [0.2, 0.25) is 0 Å². The largest absolute Gasteiger partial charge is 0.335 e. The van der Waals surface area contributed by atoms with E-state index in [2.05, 4.69) is 15.3 Å². The van der Waals surface area contributed by atoms with E-state index in [-0.39, 0.29) is 11.9 Å². The van der Waals surface area contributed by atoms with Gasteiger partial charge in [0.05, 0.1) is 12.2 Å². The van der Waals surface area contributed by atoms with Crippen LogP contribution in [-0.4, -0.2) is 43.9 Å². The minimum Gasteiger partial charge on any atom is -0.335 e.